The van der Waals surface area contributed by atoms with Crippen LogP contribution in [0.4, 0.5) is 13.2 Å². The second kappa shape index (κ2) is 5.56. The van der Waals surface area contributed by atoms with E-state index in [-0.39, 0.29) is 12.0 Å². The summed E-state index contributed by atoms with van der Waals surface area (Å²) in [5.74, 6) is 2.37. The van der Waals surface area contributed by atoms with Gasteiger partial charge in [0.1, 0.15) is 0 Å². The Hall–Kier alpha value is -0.990. The third-order valence-electron chi connectivity index (χ3n) is 2.37. The topological polar surface area (TPSA) is 12.0 Å². The lowest BCUT2D eigenvalue weighted by atomic mass is 9.98. The third-order valence-corrected chi connectivity index (χ3v) is 2.86. The second-order valence-corrected chi connectivity index (χ2v) is 4.39. The van der Waals surface area contributed by atoms with Gasteiger partial charge >= 0.3 is 6.18 Å². The Bertz CT molecular complexity index is 434. The molecule has 17 heavy (non-hydrogen) atoms. The van der Waals surface area contributed by atoms with Crippen LogP contribution in [0.2, 0.25) is 0 Å². The monoisotopic (exact) mass is 305 g/mol. The standard InChI is InChI=1S/C12H11BrF3N/c1-3-4-11(17-2)9-6-5-8(13)7-10(9)12(14,15)16/h1,5-7,11,17H,4H2,2H3. The van der Waals surface area contributed by atoms with Gasteiger partial charge in [0, 0.05) is 16.9 Å². The fraction of sp³-hybridized carbons (Fsp3) is 0.333. The minimum absolute atomic E-state index is 0.168. The maximum Gasteiger partial charge on any atom is 0.416 e. The zero-order chi connectivity index (χ0) is 13.1. The van der Waals surface area contributed by atoms with Crippen molar-refractivity contribution in [2.24, 2.45) is 0 Å². The van der Waals surface area contributed by atoms with Gasteiger partial charge in [0.15, 0.2) is 0 Å². The van der Waals surface area contributed by atoms with Gasteiger partial charge in [-0.05, 0) is 24.7 Å². The third kappa shape index (κ3) is 3.48. The molecule has 1 rings (SSSR count). The Kier molecular flexibility index (Phi) is 4.61. The molecule has 1 aromatic rings. The first-order valence-electron chi connectivity index (χ1n) is 4.87. The molecule has 1 N–H and O–H groups in total. The number of terminal acetylenes is 1. The number of nitrogens with one attached hydrogen (secondary N) is 1. The van der Waals surface area contributed by atoms with Gasteiger partial charge in [0.25, 0.3) is 0 Å². The summed E-state index contributed by atoms with van der Waals surface area (Å²) in [6.07, 6.45) is 0.974. The molecule has 0 aliphatic heterocycles. The average molecular weight is 306 g/mol. The molecule has 0 heterocycles. The first-order valence-corrected chi connectivity index (χ1v) is 5.66. The van der Waals surface area contributed by atoms with Crippen molar-refractivity contribution in [3.63, 3.8) is 0 Å². The lowest BCUT2D eigenvalue weighted by Gasteiger charge is -2.20. The first-order chi connectivity index (χ1) is 7.90. The number of hydrogen-bond donors (Lipinski definition) is 1. The Morgan fingerprint density at radius 2 is 2.12 bits per heavy atom. The molecule has 1 nitrogen and oxygen atoms in total. The lowest BCUT2D eigenvalue weighted by molar-refractivity contribution is -0.138. The van der Waals surface area contributed by atoms with Crippen molar-refractivity contribution in [3.05, 3.63) is 33.8 Å². The van der Waals surface area contributed by atoms with Crippen LogP contribution in [0.3, 0.4) is 0 Å². The smallest absolute Gasteiger partial charge is 0.312 e. The number of benzene rings is 1. The van der Waals surface area contributed by atoms with Gasteiger partial charge in [-0.25, -0.2) is 0 Å². The minimum atomic E-state index is -4.39. The van der Waals surface area contributed by atoms with E-state index in [4.69, 9.17) is 6.42 Å². The molecule has 1 atom stereocenters. The van der Waals surface area contributed by atoms with Gasteiger partial charge < -0.3 is 5.32 Å². The highest BCUT2D eigenvalue weighted by Crippen LogP contribution is 2.36. The fourth-order valence-electron chi connectivity index (χ4n) is 1.56. The van der Waals surface area contributed by atoms with Gasteiger partial charge in [-0.15, -0.1) is 12.3 Å². The van der Waals surface area contributed by atoms with Crippen molar-refractivity contribution in [1.82, 2.24) is 5.32 Å². The summed E-state index contributed by atoms with van der Waals surface area (Å²) < 4.78 is 39.0. The molecule has 0 aliphatic carbocycles. The molecule has 0 radical (unpaired) electrons. The summed E-state index contributed by atoms with van der Waals surface area (Å²) in [6.45, 7) is 0. The Labute approximate surface area is 107 Å². The molecule has 0 bridgehead atoms. The molecule has 0 spiro atoms. The van der Waals surface area contributed by atoms with Crippen molar-refractivity contribution in [1.29, 1.82) is 0 Å². The Morgan fingerprint density at radius 1 is 1.47 bits per heavy atom. The zero-order valence-corrected chi connectivity index (χ0v) is 10.7. The number of alkyl halides is 3. The molecular formula is C12H11BrF3N. The van der Waals surface area contributed by atoms with Crippen LogP contribution in [-0.4, -0.2) is 7.05 Å². The summed E-state index contributed by atoms with van der Waals surface area (Å²) in [7, 11) is 1.59. The van der Waals surface area contributed by atoms with Crippen molar-refractivity contribution in [3.8, 4) is 12.3 Å². The molecule has 0 aliphatic rings. The first kappa shape index (κ1) is 14.1. The quantitative estimate of drug-likeness (QED) is 0.839. The Balaban J connectivity index is 3.28. The molecule has 0 saturated heterocycles. The fourth-order valence-corrected chi connectivity index (χ4v) is 1.92. The normalized spacial score (nSPS) is 13.2. The van der Waals surface area contributed by atoms with Crippen LogP contribution in [0.1, 0.15) is 23.6 Å². The minimum Gasteiger partial charge on any atom is -0.312 e. The van der Waals surface area contributed by atoms with Gasteiger partial charge in [-0.3, -0.25) is 0 Å². The zero-order valence-electron chi connectivity index (χ0n) is 9.11. The van der Waals surface area contributed by atoms with Gasteiger partial charge in [0.05, 0.1) is 5.56 Å². The van der Waals surface area contributed by atoms with E-state index in [1.165, 1.54) is 6.07 Å². The maximum absolute atomic E-state index is 12.9. The van der Waals surface area contributed by atoms with Crippen molar-refractivity contribution in [2.45, 2.75) is 18.6 Å². The van der Waals surface area contributed by atoms with E-state index in [1.807, 2.05) is 0 Å². The maximum atomic E-state index is 12.9. The second-order valence-electron chi connectivity index (χ2n) is 3.48. The van der Waals surface area contributed by atoms with Crippen molar-refractivity contribution in [2.75, 3.05) is 7.05 Å². The van der Waals surface area contributed by atoms with Crippen LogP contribution < -0.4 is 5.32 Å². The molecule has 0 fully saturated rings. The van der Waals surface area contributed by atoms with Crippen LogP contribution in [0.5, 0.6) is 0 Å². The summed E-state index contributed by atoms with van der Waals surface area (Å²) in [5, 5.41) is 2.79. The highest BCUT2D eigenvalue weighted by Gasteiger charge is 2.35. The summed E-state index contributed by atoms with van der Waals surface area (Å²) in [4.78, 5) is 0. The van der Waals surface area contributed by atoms with E-state index < -0.39 is 17.8 Å². The van der Waals surface area contributed by atoms with Crippen LogP contribution in [-0.2, 0) is 6.18 Å². The number of hydrogen-bond acceptors (Lipinski definition) is 1. The van der Waals surface area contributed by atoms with E-state index >= 15 is 0 Å². The number of halogens is 4. The predicted octanol–water partition coefficient (Wildman–Crippen LogP) is 3.75. The molecule has 92 valence electrons. The van der Waals surface area contributed by atoms with E-state index in [0.717, 1.165) is 6.07 Å². The van der Waals surface area contributed by atoms with Crippen molar-refractivity contribution >= 4 is 15.9 Å². The molecular weight excluding hydrogens is 295 g/mol. The summed E-state index contributed by atoms with van der Waals surface area (Å²) in [6, 6.07) is 3.58. The van der Waals surface area contributed by atoms with Crippen LogP contribution in [0.15, 0.2) is 22.7 Å². The van der Waals surface area contributed by atoms with E-state index in [1.54, 1.807) is 13.1 Å². The van der Waals surface area contributed by atoms with Crippen LogP contribution in [0, 0.1) is 12.3 Å². The SMILES string of the molecule is C#CCC(NC)c1ccc(Br)cc1C(F)(F)F. The van der Waals surface area contributed by atoms with Crippen LogP contribution >= 0.6 is 15.9 Å². The lowest BCUT2D eigenvalue weighted by Crippen LogP contribution is -2.20. The predicted molar refractivity (Wildman–Crippen MR) is 64.4 cm³/mol. The molecule has 0 saturated carbocycles. The molecule has 0 amide bonds. The van der Waals surface area contributed by atoms with Crippen molar-refractivity contribution < 1.29 is 13.2 Å². The van der Waals surface area contributed by atoms with E-state index in [9.17, 15) is 13.2 Å². The largest absolute Gasteiger partial charge is 0.416 e. The summed E-state index contributed by atoms with van der Waals surface area (Å²) >= 11 is 3.04. The van der Waals surface area contributed by atoms with E-state index in [2.05, 4.69) is 27.2 Å². The summed E-state index contributed by atoms with van der Waals surface area (Å²) in [5.41, 5.74) is -0.498. The van der Waals surface area contributed by atoms with Gasteiger partial charge in [-0.2, -0.15) is 13.2 Å². The highest BCUT2D eigenvalue weighted by atomic mass is 79.9. The van der Waals surface area contributed by atoms with Gasteiger partial charge in [0.2, 0.25) is 0 Å². The Morgan fingerprint density at radius 3 is 2.59 bits per heavy atom. The molecule has 1 unspecified atom stereocenters. The van der Waals surface area contributed by atoms with E-state index in [0.29, 0.717) is 4.47 Å². The van der Waals surface area contributed by atoms with Gasteiger partial charge in [-0.1, -0.05) is 22.0 Å². The molecule has 5 heteroatoms. The number of rotatable bonds is 3. The van der Waals surface area contributed by atoms with Crippen LogP contribution in [0.25, 0.3) is 0 Å². The molecule has 0 aromatic heterocycles. The average Bonchev–Trinajstić information content (AvgIpc) is 2.25. The molecule has 1 aromatic carbocycles. The highest BCUT2D eigenvalue weighted by molar-refractivity contribution is 9.10.